The summed E-state index contributed by atoms with van der Waals surface area (Å²) in [7, 11) is 0. The van der Waals surface area contributed by atoms with Gasteiger partial charge in [-0.3, -0.25) is 4.79 Å². The van der Waals surface area contributed by atoms with Crippen LogP contribution in [0.5, 0.6) is 0 Å². The lowest BCUT2D eigenvalue weighted by molar-refractivity contribution is -0.120. The largest absolute Gasteiger partial charge is 0.356 e. The van der Waals surface area contributed by atoms with Crippen LogP contribution >= 0.6 is 11.3 Å². The lowest BCUT2D eigenvalue weighted by Crippen LogP contribution is -2.24. The molecule has 0 aliphatic carbocycles. The number of hydrogen-bond acceptors (Lipinski definition) is 5. The molecule has 0 bridgehead atoms. The van der Waals surface area contributed by atoms with Gasteiger partial charge in [-0.1, -0.05) is 41.1 Å². The number of aromatic nitrogens is 2. The van der Waals surface area contributed by atoms with Crippen LogP contribution in [0.15, 0.2) is 52.4 Å². The van der Waals surface area contributed by atoms with E-state index in [9.17, 15) is 4.79 Å². The molecule has 0 aliphatic rings. The van der Waals surface area contributed by atoms with Crippen LogP contribution in [0.1, 0.15) is 22.5 Å². The Hall–Kier alpha value is -2.99. The van der Waals surface area contributed by atoms with Gasteiger partial charge in [0, 0.05) is 16.3 Å². The Morgan fingerprint density at radius 1 is 1.19 bits per heavy atom. The second-order valence-corrected chi connectivity index (χ2v) is 7.40. The Labute approximate surface area is 161 Å². The molecule has 0 saturated carbocycles. The molecule has 0 atom stereocenters. The van der Waals surface area contributed by atoms with Crippen molar-refractivity contribution < 1.29 is 9.32 Å². The van der Waals surface area contributed by atoms with E-state index >= 15 is 0 Å². The number of nitrogens with zero attached hydrogens (tertiary/aromatic N) is 2. The smallest absolute Gasteiger partial charge is 0.226 e. The van der Waals surface area contributed by atoms with Crippen LogP contribution < -0.4 is 5.32 Å². The maximum atomic E-state index is 12.3. The van der Waals surface area contributed by atoms with Crippen molar-refractivity contribution in [2.24, 2.45) is 0 Å². The third-order valence-corrected chi connectivity index (χ3v) is 5.35. The summed E-state index contributed by atoms with van der Waals surface area (Å²) in [5.41, 5.74) is 5.64. The van der Waals surface area contributed by atoms with E-state index < -0.39 is 0 Å². The first-order valence-electron chi connectivity index (χ1n) is 8.72. The predicted molar refractivity (Wildman–Crippen MR) is 107 cm³/mol. The predicted octanol–water partition coefficient (Wildman–Crippen LogP) is 4.43. The molecule has 5 nitrogen and oxygen atoms in total. The van der Waals surface area contributed by atoms with Gasteiger partial charge in [-0.05, 0) is 31.5 Å². The lowest BCUT2D eigenvalue weighted by Gasteiger charge is -2.02. The number of amides is 1. The first-order chi connectivity index (χ1) is 13.1. The highest BCUT2D eigenvalue weighted by molar-refractivity contribution is 7.13. The van der Waals surface area contributed by atoms with Crippen molar-refractivity contribution in [3.63, 3.8) is 0 Å². The molecule has 0 fully saturated rings. The summed E-state index contributed by atoms with van der Waals surface area (Å²) >= 11 is 1.59. The van der Waals surface area contributed by atoms with E-state index in [-0.39, 0.29) is 12.3 Å². The van der Waals surface area contributed by atoms with E-state index in [1.807, 2.05) is 42.6 Å². The standard InChI is InChI=1S/C21H19N3O2S/c1-13-7-8-19-17(9-13)18(24-26-19)10-20(25)22-11-15-12-27-21(23-15)16-6-4-3-5-14(16)2/h3-9,12H,10-11H2,1-2H3,(H,22,25). The number of rotatable bonds is 5. The fourth-order valence-corrected chi connectivity index (χ4v) is 3.87. The molecular weight excluding hydrogens is 358 g/mol. The van der Waals surface area contributed by atoms with Gasteiger partial charge in [-0.2, -0.15) is 0 Å². The summed E-state index contributed by atoms with van der Waals surface area (Å²) in [6.45, 7) is 4.47. The number of aryl methyl sites for hydroxylation is 2. The van der Waals surface area contributed by atoms with Crippen molar-refractivity contribution in [1.82, 2.24) is 15.5 Å². The minimum Gasteiger partial charge on any atom is -0.356 e. The molecule has 0 saturated heterocycles. The number of carbonyl (C=O) groups is 1. The van der Waals surface area contributed by atoms with Gasteiger partial charge >= 0.3 is 0 Å². The van der Waals surface area contributed by atoms with E-state index in [1.165, 1.54) is 5.56 Å². The fourth-order valence-electron chi connectivity index (χ4n) is 2.96. The van der Waals surface area contributed by atoms with E-state index in [2.05, 4.69) is 34.5 Å². The zero-order valence-electron chi connectivity index (χ0n) is 15.2. The van der Waals surface area contributed by atoms with E-state index in [0.717, 1.165) is 27.2 Å². The summed E-state index contributed by atoms with van der Waals surface area (Å²) < 4.78 is 5.29. The highest BCUT2D eigenvalue weighted by Crippen LogP contribution is 2.26. The molecule has 2 aromatic carbocycles. The zero-order valence-corrected chi connectivity index (χ0v) is 16.0. The van der Waals surface area contributed by atoms with Gasteiger partial charge in [0.1, 0.15) is 10.7 Å². The molecular formula is C21H19N3O2S. The molecule has 6 heteroatoms. The lowest BCUT2D eigenvalue weighted by atomic mass is 10.1. The van der Waals surface area contributed by atoms with E-state index in [4.69, 9.17) is 4.52 Å². The second kappa shape index (κ2) is 7.32. The van der Waals surface area contributed by atoms with Crippen molar-refractivity contribution in [2.45, 2.75) is 26.8 Å². The summed E-state index contributed by atoms with van der Waals surface area (Å²) in [4.78, 5) is 17.0. The van der Waals surface area contributed by atoms with Gasteiger partial charge in [0.15, 0.2) is 5.58 Å². The molecule has 27 heavy (non-hydrogen) atoms. The molecule has 1 N–H and O–H groups in total. The van der Waals surface area contributed by atoms with Crippen molar-refractivity contribution in [3.8, 4) is 10.6 Å². The van der Waals surface area contributed by atoms with Crippen LogP contribution in [-0.4, -0.2) is 16.0 Å². The Kier molecular flexibility index (Phi) is 4.73. The number of nitrogens with one attached hydrogen (secondary N) is 1. The Morgan fingerprint density at radius 3 is 2.89 bits per heavy atom. The van der Waals surface area contributed by atoms with E-state index in [0.29, 0.717) is 17.8 Å². The van der Waals surface area contributed by atoms with E-state index in [1.54, 1.807) is 11.3 Å². The molecule has 4 rings (SSSR count). The van der Waals surface area contributed by atoms with Gasteiger partial charge in [0.25, 0.3) is 0 Å². The summed E-state index contributed by atoms with van der Waals surface area (Å²) in [6.07, 6.45) is 0.186. The molecule has 136 valence electrons. The fraction of sp³-hybridized carbons (Fsp3) is 0.190. The first-order valence-corrected chi connectivity index (χ1v) is 9.60. The number of benzene rings is 2. The highest BCUT2D eigenvalue weighted by Gasteiger charge is 2.13. The second-order valence-electron chi connectivity index (χ2n) is 6.54. The summed E-state index contributed by atoms with van der Waals surface area (Å²) in [5, 5.41) is 10.8. The van der Waals surface area contributed by atoms with Crippen LogP contribution in [0.2, 0.25) is 0 Å². The summed E-state index contributed by atoms with van der Waals surface area (Å²) in [6, 6.07) is 14.0. The number of carbonyl (C=O) groups excluding carboxylic acids is 1. The Morgan fingerprint density at radius 2 is 2.04 bits per heavy atom. The quantitative estimate of drug-likeness (QED) is 0.559. The van der Waals surface area contributed by atoms with Gasteiger partial charge in [-0.25, -0.2) is 4.98 Å². The number of hydrogen-bond donors (Lipinski definition) is 1. The molecule has 4 aromatic rings. The van der Waals surface area contributed by atoms with Crippen molar-refractivity contribution in [2.75, 3.05) is 0 Å². The maximum absolute atomic E-state index is 12.3. The molecule has 0 unspecified atom stereocenters. The molecule has 0 spiro atoms. The minimum atomic E-state index is -0.0999. The van der Waals surface area contributed by atoms with Crippen LogP contribution in [0.3, 0.4) is 0 Å². The van der Waals surface area contributed by atoms with Crippen LogP contribution in [0, 0.1) is 13.8 Å². The van der Waals surface area contributed by atoms with Gasteiger partial charge in [0.05, 0.1) is 18.7 Å². The average molecular weight is 377 g/mol. The van der Waals surface area contributed by atoms with Gasteiger partial charge in [-0.15, -0.1) is 11.3 Å². The Balaban J connectivity index is 1.41. The molecule has 2 heterocycles. The van der Waals surface area contributed by atoms with Crippen LogP contribution in [-0.2, 0) is 17.8 Å². The average Bonchev–Trinajstić information content (AvgIpc) is 3.28. The third-order valence-electron chi connectivity index (χ3n) is 4.42. The third kappa shape index (κ3) is 3.75. The normalized spacial score (nSPS) is 11.0. The first kappa shape index (κ1) is 17.4. The molecule has 0 radical (unpaired) electrons. The highest BCUT2D eigenvalue weighted by atomic mass is 32.1. The Bertz CT molecular complexity index is 1110. The zero-order chi connectivity index (χ0) is 18.8. The van der Waals surface area contributed by atoms with Crippen LogP contribution in [0.25, 0.3) is 21.5 Å². The SMILES string of the molecule is Cc1ccc2onc(CC(=O)NCc3csc(-c4ccccc4C)n3)c2c1. The number of thiazole rings is 1. The van der Waals surface area contributed by atoms with Crippen molar-refractivity contribution in [1.29, 1.82) is 0 Å². The molecule has 0 aliphatic heterocycles. The monoisotopic (exact) mass is 377 g/mol. The van der Waals surface area contributed by atoms with Crippen molar-refractivity contribution in [3.05, 3.63) is 70.4 Å². The maximum Gasteiger partial charge on any atom is 0.226 e. The topological polar surface area (TPSA) is 68.0 Å². The molecule has 2 aromatic heterocycles. The van der Waals surface area contributed by atoms with Gasteiger partial charge < -0.3 is 9.84 Å². The minimum absolute atomic E-state index is 0.0999. The van der Waals surface area contributed by atoms with Gasteiger partial charge in [0.2, 0.25) is 5.91 Å². The number of fused-ring (bicyclic) bond motifs is 1. The van der Waals surface area contributed by atoms with Crippen molar-refractivity contribution >= 4 is 28.2 Å². The van der Waals surface area contributed by atoms with Crippen LogP contribution in [0.4, 0.5) is 0 Å². The molecule has 1 amide bonds. The summed E-state index contributed by atoms with van der Waals surface area (Å²) in [5.74, 6) is -0.0999.